The van der Waals surface area contributed by atoms with Gasteiger partial charge in [-0.3, -0.25) is 4.98 Å². The predicted molar refractivity (Wildman–Crippen MR) is 154 cm³/mol. The highest BCUT2D eigenvalue weighted by Gasteiger charge is 2.42. The van der Waals surface area contributed by atoms with E-state index in [1.165, 1.54) is 0 Å². The maximum Gasteiger partial charge on any atom is 0.174 e. The normalized spacial score (nSPS) is 16.9. The lowest BCUT2D eigenvalue weighted by Gasteiger charge is -2.29. The van der Waals surface area contributed by atoms with Crippen molar-refractivity contribution in [1.29, 1.82) is 0 Å². The number of aromatic nitrogens is 3. The Kier molecular flexibility index (Phi) is 6.35. The third-order valence-electron chi connectivity index (χ3n) is 6.76. The Morgan fingerprint density at radius 2 is 1.66 bits per heavy atom. The van der Waals surface area contributed by atoms with Crippen LogP contribution in [0.2, 0.25) is 0 Å². The number of ether oxygens (including phenoxy) is 1. The summed E-state index contributed by atoms with van der Waals surface area (Å²) in [5.74, 6) is 2.47. The molecule has 2 atom stereocenters. The van der Waals surface area contributed by atoms with Crippen LogP contribution >= 0.6 is 12.2 Å². The topological polar surface area (TPSA) is 55.2 Å². The first-order valence-electron chi connectivity index (χ1n) is 12.5. The molecule has 1 saturated heterocycles. The summed E-state index contributed by atoms with van der Waals surface area (Å²) in [6.07, 6.45) is 5.75. The smallest absolute Gasteiger partial charge is 0.174 e. The molecule has 0 unspecified atom stereocenters. The highest BCUT2D eigenvalue weighted by Crippen LogP contribution is 2.42. The van der Waals surface area contributed by atoms with Crippen molar-refractivity contribution in [2.45, 2.75) is 25.9 Å². The highest BCUT2D eigenvalue weighted by molar-refractivity contribution is 7.80. The zero-order valence-corrected chi connectivity index (χ0v) is 22.0. The second kappa shape index (κ2) is 10.1. The van der Waals surface area contributed by atoms with Crippen molar-refractivity contribution >= 4 is 23.0 Å². The third kappa shape index (κ3) is 4.53. The fourth-order valence-electron chi connectivity index (χ4n) is 4.85. The predicted octanol–water partition coefficient (Wildman–Crippen LogP) is 6.85. The minimum atomic E-state index is -0.154. The van der Waals surface area contributed by atoms with Gasteiger partial charge in [0.1, 0.15) is 23.4 Å². The maximum atomic E-state index is 6.14. The van der Waals surface area contributed by atoms with Crippen molar-refractivity contribution in [2.75, 3.05) is 4.90 Å². The van der Waals surface area contributed by atoms with Crippen LogP contribution < -0.4 is 15.0 Å². The van der Waals surface area contributed by atoms with E-state index in [0.717, 1.165) is 45.5 Å². The monoisotopic (exact) mass is 517 g/mol. The molecule has 0 radical (unpaired) electrons. The summed E-state index contributed by atoms with van der Waals surface area (Å²) < 4.78 is 8.26. The van der Waals surface area contributed by atoms with Crippen LogP contribution in [-0.4, -0.2) is 19.6 Å². The molecule has 0 aliphatic carbocycles. The number of aryl methyl sites for hydroxylation is 2. The average molecular weight is 518 g/mol. The number of hydrogen-bond donors (Lipinski definition) is 1. The molecule has 6 nitrogen and oxygen atoms in total. The van der Waals surface area contributed by atoms with Gasteiger partial charge in [0.25, 0.3) is 0 Å². The first-order valence-corrected chi connectivity index (χ1v) is 12.9. The Hall–Kier alpha value is -4.49. The molecule has 38 heavy (non-hydrogen) atoms. The third-order valence-corrected chi connectivity index (χ3v) is 7.07. The number of nitrogens with zero attached hydrogens (tertiary/aromatic N) is 4. The summed E-state index contributed by atoms with van der Waals surface area (Å²) in [7, 11) is 0. The Bertz CT molecular complexity index is 1560. The van der Waals surface area contributed by atoms with E-state index in [4.69, 9.17) is 17.0 Å². The van der Waals surface area contributed by atoms with Gasteiger partial charge in [0.15, 0.2) is 5.11 Å². The molecule has 0 bridgehead atoms. The van der Waals surface area contributed by atoms with E-state index in [2.05, 4.69) is 36.9 Å². The largest absolute Gasteiger partial charge is 0.457 e. The summed E-state index contributed by atoms with van der Waals surface area (Å²) in [5.41, 5.74) is 5.15. The summed E-state index contributed by atoms with van der Waals surface area (Å²) in [6.45, 7) is 4.08. The van der Waals surface area contributed by atoms with E-state index >= 15 is 0 Å². The summed E-state index contributed by atoms with van der Waals surface area (Å²) >= 11 is 5.91. The molecule has 0 spiro atoms. The van der Waals surface area contributed by atoms with Crippen LogP contribution in [0.4, 0.5) is 5.69 Å². The van der Waals surface area contributed by atoms with Crippen molar-refractivity contribution in [3.63, 3.8) is 0 Å². The lowest BCUT2D eigenvalue weighted by molar-refractivity contribution is 0.479. The van der Waals surface area contributed by atoms with Crippen LogP contribution in [-0.2, 0) is 0 Å². The Labute approximate surface area is 227 Å². The molecule has 1 aliphatic rings. The highest BCUT2D eigenvalue weighted by atomic mass is 32.1. The lowest BCUT2D eigenvalue weighted by atomic mass is 10.0. The molecule has 6 rings (SSSR count). The summed E-state index contributed by atoms with van der Waals surface area (Å²) in [5, 5.41) is 4.18. The molecule has 3 aromatic heterocycles. The van der Waals surface area contributed by atoms with Gasteiger partial charge in [-0.25, -0.2) is 4.98 Å². The zero-order chi connectivity index (χ0) is 26.1. The quantitative estimate of drug-likeness (QED) is 0.249. The van der Waals surface area contributed by atoms with Gasteiger partial charge in [0.05, 0.1) is 11.7 Å². The molecule has 0 saturated carbocycles. The second-order valence-corrected chi connectivity index (χ2v) is 9.74. The zero-order valence-electron chi connectivity index (χ0n) is 21.2. The van der Waals surface area contributed by atoms with Crippen molar-refractivity contribution in [1.82, 2.24) is 19.9 Å². The van der Waals surface area contributed by atoms with Crippen LogP contribution in [0, 0.1) is 13.8 Å². The lowest BCUT2D eigenvalue weighted by Crippen LogP contribution is -2.30. The van der Waals surface area contributed by atoms with Crippen molar-refractivity contribution in [3.8, 4) is 17.3 Å². The van der Waals surface area contributed by atoms with Crippen LogP contribution in [0.3, 0.4) is 0 Å². The Morgan fingerprint density at radius 1 is 0.842 bits per heavy atom. The van der Waals surface area contributed by atoms with E-state index in [1.54, 1.807) is 0 Å². The molecule has 188 valence electrons. The SMILES string of the molecule is Cc1ccc(-n2cccc2[C@H]2[C@H](c3ccccn3)NC(=S)N2c2ccc(Oc3ccccc3C)cc2)nc1. The second-order valence-electron chi connectivity index (χ2n) is 9.35. The van der Waals surface area contributed by atoms with Gasteiger partial charge >= 0.3 is 0 Å². The molecule has 1 N–H and O–H groups in total. The van der Waals surface area contributed by atoms with Crippen LogP contribution in [0.5, 0.6) is 11.5 Å². The standard InChI is InChI=1S/C31H27N5OS/c1-21-12-17-28(33-20-21)35-19-7-10-26(35)30-29(25-9-5-6-18-32-25)34-31(38)36(30)23-13-15-24(16-14-23)37-27-11-4-3-8-22(27)2/h3-20,29-30H,1-2H3,(H,34,38)/t29-,30-/m0/s1. The van der Waals surface area contributed by atoms with Gasteiger partial charge in [-0.15, -0.1) is 0 Å². The molecule has 4 heterocycles. The van der Waals surface area contributed by atoms with Gasteiger partial charge in [0.2, 0.25) is 0 Å². The van der Waals surface area contributed by atoms with E-state index in [0.29, 0.717) is 5.11 Å². The van der Waals surface area contributed by atoms with E-state index < -0.39 is 0 Å². The Balaban J connectivity index is 1.40. The molecule has 1 fully saturated rings. The molecular formula is C31H27N5OS. The van der Waals surface area contributed by atoms with E-state index in [9.17, 15) is 0 Å². The number of thiocarbonyl (C=S) groups is 1. The van der Waals surface area contributed by atoms with Gasteiger partial charge in [-0.1, -0.05) is 30.3 Å². The van der Waals surface area contributed by atoms with Gasteiger partial charge in [-0.05, 0) is 97.9 Å². The van der Waals surface area contributed by atoms with Crippen LogP contribution in [0.15, 0.2) is 110 Å². The molecule has 0 amide bonds. The Morgan fingerprint density at radius 3 is 2.39 bits per heavy atom. The molecule has 7 heteroatoms. The van der Waals surface area contributed by atoms with Crippen molar-refractivity contribution in [3.05, 3.63) is 132 Å². The van der Waals surface area contributed by atoms with Crippen molar-refractivity contribution in [2.24, 2.45) is 0 Å². The van der Waals surface area contributed by atoms with Gasteiger partial charge in [-0.2, -0.15) is 0 Å². The number of anilines is 1. The van der Waals surface area contributed by atoms with Crippen molar-refractivity contribution < 1.29 is 4.74 Å². The van der Waals surface area contributed by atoms with Crippen LogP contribution in [0.1, 0.15) is 34.6 Å². The summed E-state index contributed by atoms with van der Waals surface area (Å²) in [6, 6.07) is 30.0. The minimum Gasteiger partial charge on any atom is -0.457 e. The molecule has 5 aromatic rings. The maximum absolute atomic E-state index is 6.14. The average Bonchev–Trinajstić information content (AvgIpc) is 3.56. The van der Waals surface area contributed by atoms with Gasteiger partial charge < -0.3 is 19.5 Å². The number of pyridine rings is 2. The van der Waals surface area contributed by atoms with Crippen LogP contribution in [0.25, 0.3) is 5.82 Å². The number of rotatable bonds is 6. The fourth-order valence-corrected chi connectivity index (χ4v) is 5.20. The first kappa shape index (κ1) is 23.9. The van der Waals surface area contributed by atoms with E-state index in [1.807, 2.05) is 111 Å². The minimum absolute atomic E-state index is 0.148. The number of nitrogens with one attached hydrogen (secondary N) is 1. The fraction of sp³-hybridized carbons (Fsp3) is 0.129. The molecule has 2 aromatic carbocycles. The molecule has 1 aliphatic heterocycles. The number of benzene rings is 2. The first-order chi connectivity index (χ1) is 18.6. The number of para-hydroxylation sites is 1. The molecular weight excluding hydrogens is 490 g/mol. The summed E-state index contributed by atoms with van der Waals surface area (Å²) in [4.78, 5) is 11.5. The van der Waals surface area contributed by atoms with E-state index in [-0.39, 0.29) is 12.1 Å². The van der Waals surface area contributed by atoms with Gasteiger partial charge in [0, 0.05) is 30.0 Å². The number of hydrogen-bond acceptors (Lipinski definition) is 4.